The Morgan fingerprint density at radius 2 is 1.65 bits per heavy atom. The van der Waals surface area contributed by atoms with Gasteiger partial charge in [0.25, 0.3) is 0 Å². The lowest BCUT2D eigenvalue weighted by Gasteiger charge is -2.35. The molecule has 0 saturated carbocycles. The van der Waals surface area contributed by atoms with Crippen LogP contribution in [0.2, 0.25) is 0 Å². The fraction of sp³-hybridized carbons (Fsp3) is 0.172. The van der Waals surface area contributed by atoms with Crippen molar-refractivity contribution in [2.75, 3.05) is 0 Å². The molecular formula is C29H23NO. The number of hydrogen-bond donors (Lipinski definition) is 0. The van der Waals surface area contributed by atoms with Crippen LogP contribution in [-0.4, -0.2) is 10.8 Å². The number of hydrogen-bond acceptors (Lipinski definition) is 2. The van der Waals surface area contributed by atoms with Gasteiger partial charge in [-0.05, 0) is 76.2 Å². The van der Waals surface area contributed by atoms with Crippen LogP contribution in [0.15, 0.2) is 85.1 Å². The molecule has 150 valence electrons. The van der Waals surface area contributed by atoms with Crippen LogP contribution in [0.1, 0.15) is 30.0 Å². The standard InChI is InChI=1S/C29H23NO/c1-29(18-19-8-14-27-21(17-19)6-4-16-30-27)26-13-11-23-22-7-3-2-5-20(22)9-10-24(23)25(26)12-15-28(29)31/h2-11,13-14,16-17H,12,15,18H2,1H3. The Morgan fingerprint density at radius 3 is 2.58 bits per heavy atom. The van der Waals surface area contributed by atoms with Gasteiger partial charge in [-0.15, -0.1) is 0 Å². The molecule has 0 aliphatic heterocycles. The molecule has 0 spiro atoms. The molecule has 2 nitrogen and oxygen atoms in total. The molecule has 6 rings (SSSR count). The summed E-state index contributed by atoms with van der Waals surface area (Å²) in [6, 6.07) is 27.9. The van der Waals surface area contributed by atoms with E-state index in [1.54, 1.807) is 0 Å². The third-order valence-corrected chi connectivity index (χ3v) is 7.07. The number of fused-ring (bicyclic) bond motifs is 6. The molecule has 1 aromatic heterocycles. The average molecular weight is 402 g/mol. The van der Waals surface area contributed by atoms with E-state index in [-0.39, 0.29) is 0 Å². The normalized spacial score (nSPS) is 18.5. The summed E-state index contributed by atoms with van der Waals surface area (Å²) in [4.78, 5) is 17.7. The Labute approximate surface area is 181 Å². The Hall–Kier alpha value is -3.52. The van der Waals surface area contributed by atoms with Crippen LogP contribution in [0.4, 0.5) is 0 Å². The number of carbonyl (C=O) groups excluding carboxylic acids is 1. The van der Waals surface area contributed by atoms with Gasteiger partial charge in [0, 0.05) is 18.0 Å². The molecule has 2 heteroatoms. The molecule has 0 N–H and O–H groups in total. The van der Waals surface area contributed by atoms with Crippen LogP contribution in [0.25, 0.3) is 32.4 Å². The highest BCUT2D eigenvalue weighted by molar-refractivity contribution is 6.10. The van der Waals surface area contributed by atoms with Crippen molar-refractivity contribution < 1.29 is 4.79 Å². The maximum atomic E-state index is 13.3. The number of carbonyl (C=O) groups is 1. The lowest BCUT2D eigenvalue weighted by Crippen LogP contribution is -2.39. The van der Waals surface area contributed by atoms with Crippen molar-refractivity contribution in [3.63, 3.8) is 0 Å². The van der Waals surface area contributed by atoms with Gasteiger partial charge in [0.2, 0.25) is 0 Å². The monoisotopic (exact) mass is 401 g/mol. The fourth-order valence-electron chi connectivity index (χ4n) is 5.44. The Bertz CT molecular complexity index is 1500. The van der Waals surface area contributed by atoms with E-state index in [0.717, 1.165) is 17.3 Å². The molecule has 1 aliphatic rings. The summed E-state index contributed by atoms with van der Waals surface area (Å²) >= 11 is 0. The predicted octanol–water partition coefficient (Wildman–Crippen LogP) is 6.56. The van der Waals surface area contributed by atoms with Crippen molar-refractivity contribution in [3.8, 4) is 0 Å². The first kappa shape index (κ1) is 18.3. The van der Waals surface area contributed by atoms with Crippen molar-refractivity contribution in [2.24, 2.45) is 0 Å². The summed E-state index contributed by atoms with van der Waals surface area (Å²) < 4.78 is 0. The smallest absolute Gasteiger partial charge is 0.143 e. The van der Waals surface area contributed by atoms with Gasteiger partial charge < -0.3 is 0 Å². The summed E-state index contributed by atoms with van der Waals surface area (Å²) in [6.45, 7) is 2.13. The van der Waals surface area contributed by atoms with E-state index in [1.807, 2.05) is 12.3 Å². The van der Waals surface area contributed by atoms with Gasteiger partial charge in [0.1, 0.15) is 5.78 Å². The number of ketones is 1. The lowest BCUT2D eigenvalue weighted by atomic mass is 9.66. The second-order valence-corrected chi connectivity index (χ2v) is 8.94. The average Bonchev–Trinajstić information content (AvgIpc) is 2.81. The van der Waals surface area contributed by atoms with Crippen LogP contribution in [-0.2, 0) is 23.1 Å². The number of Topliss-reactive ketones (excluding diaryl/α,β-unsaturated/α-hetero) is 1. The minimum absolute atomic E-state index is 0.339. The Kier molecular flexibility index (Phi) is 3.97. The van der Waals surface area contributed by atoms with Crippen molar-refractivity contribution in [3.05, 3.63) is 102 Å². The van der Waals surface area contributed by atoms with Crippen LogP contribution < -0.4 is 0 Å². The minimum Gasteiger partial charge on any atom is -0.299 e. The first-order valence-electron chi connectivity index (χ1n) is 10.9. The number of pyridine rings is 1. The molecule has 0 saturated heterocycles. The molecule has 1 unspecified atom stereocenters. The molecule has 1 atom stereocenters. The summed E-state index contributed by atoms with van der Waals surface area (Å²) in [6.07, 6.45) is 3.95. The Morgan fingerprint density at radius 1 is 0.806 bits per heavy atom. The molecule has 1 heterocycles. The first-order chi connectivity index (χ1) is 15.1. The zero-order valence-electron chi connectivity index (χ0n) is 17.6. The molecule has 5 aromatic rings. The summed E-state index contributed by atoms with van der Waals surface area (Å²) in [5.74, 6) is 0.339. The maximum Gasteiger partial charge on any atom is 0.143 e. The van der Waals surface area contributed by atoms with Gasteiger partial charge in [0.05, 0.1) is 10.9 Å². The molecule has 0 bridgehead atoms. The molecule has 4 aromatic carbocycles. The van der Waals surface area contributed by atoms with Crippen molar-refractivity contribution in [1.82, 2.24) is 4.98 Å². The predicted molar refractivity (Wildman–Crippen MR) is 128 cm³/mol. The van der Waals surface area contributed by atoms with E-state index < -0.39 is 5.41 Å². The van der Waals surface area contributed by atoms with Gasteiger partial charge in [-0.3, -0.25) is 9.78 Å². The maximum absolute atomic E-state index is 13.3. The second-order valence-electron chi connectivity index (χ2n) is 8.94. The van der Waals surface area contributed by atoms with E-state index in [2.05, 4.69) is 84.7 Å². The zero-order chi connectivity index (χ0) is 21.0. The number of rotatable bonds is 2. The van der Waals surface area contributed by atoms with E-state index in [1.165, 1.54) is 38.2 Å². The highest BCUT2D eigenvalue weighted by Crippen LogP contribution is 2.42. The third kappa shape index (κ3) is 2.79. The van der Waals surface area contributed by atoms with Crippen LogP contribution in [0.3, 0.4) is 0 Å². The highest BCUT2D eigenvalue weighted by atomic mass is 16.1. The largest absolute Gasteiger partial charge is 0.299 e. The van der Waals surface area contributed by atoms with Crippen LogP contribution in [0.5, 0.6) is 0 Å². The summed E-state index contributed by atoms with van der Waals surface area (Å²) in [7, 11) is 0. The van der Waals surface area contributed by atoms with E-state index in [9.17, 15) is 4.79 Å². The van der Waals surface area contributed by atoms with Gasteiger partial charge in [0.15, 0.2) is 0 Å². The minimum atomic E-state index is -0.511. The fourth-order valence-corrected chi connectivity index (χ4v) is 5.44. The topological polar surface area (TPSA) is 30.0 Å². The first-order valence-corrected chi connectivity index (χ1v) is 10.9. The zero-order valence-corrected chi connectivity index (χ0v) is 17.6. The Balaban J connectivity index is 1.52. The molecule has 0 amide bonds. The quantitative estimate of drug-likeness (QED) is 0.314. The number of nitrogens with zero attached hydrogens (tertiary/aromatic N) is 1. The molecule has 0 radical (unpaired) electrons. The summed E-state index contributed by atoms with van der Waals surface area (Å²) in [5, 5.41) is 6.23. The SMILES string of the molecule is CC1(Cc2ccc3ncccc3c2)C(=O)CCc2c1ccc1c2ccc2ccccc21. The van der Waals surface area contributed by atoms with Gasteiger partial charge in [-0.1, -0.05) is 60.7 Å². The van der Waals surface area contributed by atoms with E-state index in [0.29, 0.717) is 18.6 Å². The highest BCUT2D eigenvalue weighted by Gasteiger charge is 2.40. The summed E-state index contributed by atoms with van der Waals surface area (Å²) in [5.41, 5.74) is 4.20. The second kappa shape index (κ2) is 6.75. The molecule has 1 aliphatic carbocycles. The number of aromatic nitrogens is 1. The number of aryl methyl sites for hydroxylation is 1. The number of benzene rings is 4. The van der Waals surface area contributed by atoms with Crippen molar-refractivity contribution in [1.29, 1.82) is 0 Å². The lowest BCUT2D eigenvalue weighted by molar-refractivity contribution is -0.124. The van der Waals surface area contributed by atoms with Crippen molar-refractivity contribution in [2.45, 2.75) is 31.6 Å². The van der Waals surface area contributed by atoms with Crippen LogP contribution in [0, 0.1) is 0 Å². The molecular weight excluding hydrogens is 378 g/mol. The molecule has 0 fully saturated rings. The third-order valence-electron chi connectivity index (χ3n) is 7.07. The van der Waals surface area contributed by atoms with E-state index in [4.69, 9.17) is 0 Å². The van der Waals surface area contributed by atoms with Gasteiger partial charge >= 0.3 is 0 Å². The van der Waals surface area contributed by atoms with Crippen molar-refractivity contribution >= 4 is 38.2 Å². The van der Waals surface area contributed by atoms with Crippen LogP contribution >= 0.6 is 0 Å². The molecule has 31 heavy (non-hydrogen) atoms. The van der Waals surface area contributed by atoms with Gasteiger partial charge in [-0.2, -0.15) is 0 Å². The van der Waals surface area contributed by atoms with E-state index >= 15 is 0 Å². The van der Waals surface area contributed by atoms with Gasteiger partial charge in [-0.25, -0.2) is 0 Å².